The van der Waals surface area contributed by atoms with Crippen molar-refractivity contribution in [1.82, 2.24) is 15.1 Å². The fourth-order valence-electron chi connectivity index (χ4n) is 5.59. The maximum Gasteiger partial charge on any atom is 0.435 e. The molecule has 0 aliphatic carbocycles. The maximum atomic E-state index is 13.5. The molecule has 11 heteroatoms. The molecule has 5 rings (SSSR count). The fraction of sp³-hybridized carbons (Fsp3) is 0.303. The second-order valence-electron chi connectivity index (χ2n) is 10.9. The number of carboxylic acid groups (broad SMARTS) is 1. The molecule has 2 fully saturated rings. The number of nitrogens with two attached hydrogens (primary N) is 1. The number of amides is 4. The number of carbonyl (C=O) groups excluding carboxylic acids is 3. The van der Waals surface area contributed by atoms with E-state index in [1.165, 1.54) is 9.80 Å². The summed E-state index contributed by atoms with van der Waals surface area (Å²) < 4.78 is 5.14. The van der Waals surface area contributed by atoms with Crippen molar-refractivity contribution in [3.8, 4) is 0 Å². The minimum absolute atomic E-state index is 0.00916. The molecule has 0 radical (unpaired) electrons. The molecule has 11 nitrogen and oxygen atoms in total. The predicted molar refractivity (Wildman–Crippen MR) is 163 cm³/mol. The van der Waals surface area contributed by atoms with Crippen LogP contribution >= 0.6 is 0 Å². The second-order valence-corrected chi connectivity index (χ2v) is 10.9. The Bertz CT molecular complexity index is 1510. The molecule has 2 saturated heterocycles. The van der Waals surface area contributed by atoms with Gasteiger partial charge >= 0.3 is 12.2 Å². The van der Waals surface area contributed by atoms with Crippen molar-refractivity contribution in [3.05, 3.63) is 107 Å². The summed E-state index contributed by atoms with van der Waals surface area (Å²) in [5, 5.41) is 12.6. The molecule has 3 aromatic rings. The van der Waals surface area contributed by atoms with E-state index in [1.807, 2.05) is 60.7 Å². The number of likely N-dealkylation sites (tertiary alicyclic amines) is 2. The molecule has 0 spiro atoms. The lowest BCUT2D eigenvalue weighted by Crippen LogP contribution is -2.63. The number of ether oxygens (including phenoxy) is 1. The largest absolute Gasteiger partial charge is 0.465 e. The van der Waals surface area contributed by atoms with Gasteiger partial charge in [-0.15, -0.1) is 0 Å². The lowest BCUT2D eigenvalue weighted by atomic mass is 9.84. The highest BCUT2D eigenvalue weighted by Crippen LogP contribution is 2.34. The van der Waals surface area contributed by atoms with Gasteiger partial charge in [-0.25, -0.2) is 9.59 Å². The van der Waals surface area contributed by atoms with E-state index in [2.05, 4.69) is 10.3 Å². The van der Waals surface area contributed by atoms with Crippen LogP contribution in [0.15, 0.2) is 89.9 Å². The molecular weight excluding hydrogens is 562 g/mol. The van der Waals surface area contributed by atoms with E-state index < -0.39 is 24.3 Å². The van der Waals surface area contributed by atoms with Crippen LogP contribution in [0.5, 0.6) is 0 Å². The Kier molecular flexibility index (Phi) is 9.53. The highest BCUT2D eigenvalue weighted by molar-refractivity contribution is 6.02. The first-order chi connectivity index (χ1) is 21.3. The Hall–Kier alpha value is -5.19. The van der Waals surface area contributed by atoms with Crippen molar-refractivity contribution >= 4 is 29.8 Å². The third kappa shape index (κ3) is 7.23. The number of benzene rings is 3. The monoisotopic (exact) mass is 597 g/mol. The van der Waals surface area contributed by atoms with Crippen molar-refractivity contribution in [3.63, 3.8) is 0 Å². The number of piperidine rings is 1. The predicted octanol–water partition coefficient (Wildman–Crippen LogP) is 3.87. The van der Waals surface area contributed by atoms with E-state index in [9.17, 15) is 24.3 Å². The minimum atomic E-state index is -1.13. The lowest BCUT2D eigenvalue weighted by Gasteiger charge is -2.45. The van der Waals surface area contributed by atoms with Crippen LogP contribution < -0.4 is 11.1 Å². The summed E-state index contributed by atoms with van der Waals surface area (Å²) in [7, 11) is 0. The zero-order chi connectivity index (χ0) is 31.1. The van der Waals surface area contributed by atoms with Crippen LogP contribution in [-0.4, -0.2) is 69.9 Å². The van der Waals surface area contributed by atoms with E-state index in [1.54, 1.807) is 24.3 Å². The van der Waals surface area contributed by atoms with Crippen LogP contribution in [-0.2, 0) is 27.5 Å². The Balaban J connectivity index is 1.13. The number of nitrogens with zero attached hydrogens (tertiary/aromatic N) is 3. The van der Waals surface area contributed by atoms with Gasteiger partial charge in [0.05, 0.1) is 0 Å². The first kappa shape index (κ1) is 30.3. The summed E-state index contributed by atoms with van der Waals surface area (Å²) in [6, 6.07) is 24.4. The van der Waals surface area contributed by atoms with Gasteiger partial charge < -0.3 is 25.8 Å². The molecule has 3 aromatic carbocycles. The highest BCUT2D eigenvalue weighted by atomic mass is 16.5. The summed E-state index contributed by atoms with van der Waals surface area (Å²) in [6.45, 7) is 0.967. The summed E-state index contributed by atoms with van der Waals surface area (Å²) in [6.07, 6.45) is -0.402. The average Bonchev–Trinajstić information content (AvgIpc) is 3.03. The van der Waals surface area contributed by atoms with Gasteiger partial charge in [0, 0.05) is 25.2 Å². The maximum absolute atomic E-state index is 13.5. The summed E-state index contributed by atoms with van der Waals surface area (Å²) >= 11 is 0. The standard InChI is InChI=1S/C33H35N5O6/c34-29(36-32(41)44-21-23-7-3-1-4-8-23)25-13-11-22(12-14-25)20-35-30(39)27-16-18-37(27)31(40)28-19-26(15-17-38(28)33(42)43)24-9-5-2-6-10-24/h1-14,26-28H,15-21H2,(H,35,39)(H,42,43)(H2,34,36,41)/t26-,27?,28+/m0/s1. The number of rotatable bonds is 8. The molecule has 228 valence electrons. The zero-order valence-electron chi connectivity index (χ0n) is 24.2. The van der Waals surface area contributed by atoms with Gasteiger partial charge in [-0.3, -0.25) is 14.5 Å². The van der Waals surface area contributed by atoms with Crippen LogP contribution in [0.1, 0.15) is 47.4 Å². The zero-order valence-corrected chi connectivity index (χ0v) is 24.2. The Morgan fingerprint density at radius 3 is 2.14 bits per heavy atom. The van der Waals surface area contributed by atoms with Crippen molar-refractivity contribution in [2.45, 2.75) is 50.4 Å². The number of aliphatic imine (C=N–C) groups is 1. The van der Waals surface area contributed by atoms with Crippen LogP contribution in [0.2, 0.25) is 0 Å². The van der Waals surface area contributed by atoms with E-state index in [4.69, 9.17) is 10.5 Å². The minimum Gasteiger partial charge on any atom is -0.465 e. The van der Waals surface area contributed by atoms with Crippen molar-refractivity contribution in [1.29, 1.82) is 0 Å². The van der Waals surface area contributed by atoms with Crippen LogP contribution in [0.3, 0.4) is 0 Å². The van der Waals surface area contributed by atoms with Crippen LogP contribution in [0, 0.1) is 0 Å². The van der Waals surface area contributed by atoms with Gasteiger partial charge in [0.25, 0.3) is 0 Å². The summed E-state index contributed by atoms with van der Waals surface area (Å²) in [5.41, 5.74) is 9.21. The van der Waals surface area contributed by atoms with Gasteiger partial charge in [-0.2, -0.15) is 4.99 Å². The molecule has 44 heavy (non-hydrogen) atoms. The van der Waals surface area contributed by atoms with Crippen LogP contribution in [0.4, 0.5) is 9.59 Å². The van der Waals surface area contributed by atoms with E-state index in [0.717, 1.165) is 16.7 Å². The average molecular weight is 598 g/mol. The van der Waals surface area contributed by atoms with Crippen molar-refractivity contribution < 1.29 is 29.0 Å². The first-order valence-electron chi connectivity index (χ1n) is 14.6. The SMILES string of the molecule is NC(=NC(=O)OCc1ccccc1)c1ccc(CNC(=O)C2CCN2C(=O)[C@H]2C[C@@H](c3ccccc3)CCN2C(=O)O)cc1. The third-order valence-electron chi connectivity index (χ3n) is 8.14. The smallest absolute Gasteiger partial charge is 0.435 e. The van der Waals surface area contributed by atoms with E-state index in [0.29, 0.717) is 31.4 Å². The van der Waals surface area contributed by atoms with Gasteiger partial charge in [0.1, 0.15) is 24.5 Å². The molecule has 3 atom stereocenters. The molecule has 4 amide bonds. The normalized spacial score (nSPS) is 19.9. The number of nitrogens with one attached hydrogen (secondary N) is 1. The summed E-state index contributed by atoms with van der Waals surface area (Å²) in [4.78, 5) is 57.1. The number of hydrogen-bond acceptors (Lipinski definition) is 5. The molecule has 2 aliphatic heterocycles. The number of carbonyl (C=O) groups is 4. The van der Waals surface area contributed by atoms with Gasteiger partial charge in [-0.1, -0.05) is 84.9 Å². The molecule has 0 bridgehead atoms. The van der Waals surface area contributed by atoms with E-state index >= 15 is 0 Å². The molecular formula is C33H35N5O6. The van der Waals surface area contributed by atoms with Crippen molar-refractivity contribution in [2.24, 2.45) is 10.7 Å². The number of amidine groups is 1. The highest BCUT2D eigenvalue weighted by Gasteiger charge is 2.45. The second kappa shape index (κ2) is 13.9. The van der Waals surface area contributed by atoms with E-state index in [-0.39, 0.29) is 43.3 Å². The molecule has 0 saturated carbocycles. The molecule has 2 heterocycles. The topological polar surface area (TPSA) is 155 Å². The fourth-order valence-corrected chi connectivity index (χ4v) is 5.59. The lowest BCUT2D eigenvalue weighted by molar-refractivity contribution is -0.152. The molecule has 2 aliphatic rings. The third-order valence-corrected chi connectivity index (χ3v) is 8.14. The van der Waals surface area contributed by atoms with Gasteiger partial charge in [0.2, 0.25) is 11.8 Å². The molecule has 1 unspecified atom stereocenters. The van der Waals surface area contributed by atoms with Gasteiger partial charge in [0.15, 0.2) is 0 Å². The summed E-state index contributed by atoms with van der Waals surface area (Å²) in [5.74, 6) is -0.555. The molecule has 4 N–H and O–H groups in total. The Labute approximate surface area is 255 Å². The Morgan fingerprint density at radius 2 is 1.50 bits per heavy atom. The van der Waals surface area contributed by atoms with Crippen molar-refractivity contribution in [2.75, 3.05) is 13.1 Å². The van der Waals surface area contributed by atoms with Crippen LogP contribution in [0.25, 0.3) is 0 Å². The number of hydrogen-bond donors (Lipinski definition) is 3. The first-order valence-corrected chi connectivity index (χ1v) is 14.6. The quantitative estimate of drug-likeness (QED) is 0.263. The Morgan fingerprint density at radius 1 is 0.841 bits per heavy atom. The molecule has 0 aromatic heterocycles. The van der Waals surface area contributed by atoms with Gasteiger partial charge in [-0.05, 0) is 41.9 Å².